The molecular weight excluding hydrogens is 1130 g/mol. The Morgan fingerprint density at radius 1 is 0.793 bits per heavy atom. The fraction of sp³-hybridized carbons (Fsp3) is 0.547. The Morgan fingerprint density at radius 2 is 1.48 bits per heavy atom. The monoisotopic (exact) mass is 1200 g/mol. The topological polar surface area (TPSA) is 182 Å². The van der Waals surface area contributed by atoms with Gasteiger partial charge in [-0.2, -0.15) is 9.97 Å². The van der Waals surface area contributed by atoms with E-state index in [1.54, 1.807) is 18.2 Å². The number of likely N-dealkylation sites (tertiary alicyclic amines) is 2. The van der Waals surface area contributed by atoms with Gasteiger partial charge >= 0.3 is 17.8 Å². The molecule has 3 aromatic carbocycles. The Bertz CT molecular complexity index is 3730. The van der Waals surface area contributed by atoms with Gasteiger partial charge in [-0.25, -0.2) is 27.2 Å². The number of aryl methyl sites for hydroxylation is 1. The number of imide groups is 1. The number of anilines is 2. The molecule has 6 aliphatic rings. The zero-order valence-corrected chi connectivity index (χ0v) is 50.0. The lowest BCUT2D eigenvalue weighted by Crippen LogP contribution is -2.57. The highest BCUT2D eigenvalue weighted by Gasteiger charge is 2.45. The maximum atomic E-state index is 17.6. The van der Waals surface area contributed by atoms with Crippen LogP contribution in [0.15, 0.2) is 41.3 Å². The number of amides is 3. The third kappa shape index (κ3) is 12.0. The summed E-state index contributed by atoms with van der Waals surface area (Å²) in [5.41, 5.74) is -1.72. The van der Waals surface area contributed by atoms with Gasteiger partial charge in [0.2, 0.25) is 11.8 Å². The van der Waals surface area contributed by atoms with E-state index in [0.29, 0.717) is 78.2 Å². The van der Waals surface area contributed by atoms with Crippen LogP contribution in [0.4, 0.5) is 33.9 Å². The van der Waals surface area contributed by atoms with E-state index in [1.807, 2.05) is 30.6 Å². The van der Waals surface area contributed by atoms with Crippen LogP contribution in [0.5, 0.6) is 11.8 Å². The molecule has 6 saturated heterocycles. The number of fused-ring (bicyclic) bond motifs is 5. The number of nitrogens with zero attached hydrogens (tertiary/aromatic N) is 10. The van der Waals surface area contributed by atoms with Crippen molar-refractivity contribution in [3.05, 3.63) is 75.8 Å². The number of piperazine rings is 1. The minimum absolute atomic E-state index is 0.00255. The molecule has 3 aromatic heterocycles. The molecular formula is C64H75F4N11O8. The van der Waals surface area contributed by atoms with Gasteiger partial charge in [-0.3, -0.25) is 38.8 Å². The van der Waals surface area contributed by atoms with E-state index in [0.717, 1.165) is 99.3 Å². The third-order valence-corrected chi connectivity index (χ3v) is 18.7. The lowest BCUT2D eigenvalue weighted by atomic mass is 9.82. The molecule has 3 unspecified atom stereocenters. The van der Waals surface area contributed by atoms with Crippen LogP contribution in [0, 0.1) is 53.4 Å². The fourth-order valence-corrected chi connectivity index (χ4v) is 14.4. The Labute approximate surface area is 502 Å². The zero-order chi connectivity index (χ0) is 61.0. The zero-order valence-electron chi connectivity index (χ0n) is 50.0. The normalized spacial score (nSPS) is 21.3. The molecule has 9 heterocycles. The molecule has 0 saturated carbocycles. The predicted octanol–water partition coefficient (Wildman–Crippen LogP) is 8.69. The Kier molecular flexibility index (Phi) is 16.9. The van der Waals surface area contributed by atoms with Crippen LogP contribution in [0.3, 0.4) is 0 Å². The standard InChI is InChI=1S/C64H75F4N11O8/c1-7-44-47(65)11-8-40-29-43(86-36-84-6)30-45(52(40)44)55-54(68)56-46(32-69-55)59(77-34-41-9-10-42(35-77)78(41)63(83)87-64(2,3)4)72-61(71-56)85-27-26-74-20-14-37(15-21-74)28-38-16-22-75(23-17-38)33-39-18-24-76(25-19-39)50-31-48(66)57-58(53(50)67)73(5)62(82)79(57)49-12-13-51(80)70-60(49)81/h1,8,11,29-32,37-39,41-42,49H,9-10,12-28,33-36H2,2-6H3,(H,70,80,81). The van der Waals surface area contributed by atoms with Gasteiger partial charge in [-0.05, 0) is 152 Å². The number of hydrogen-bond donors (Lipinski definition) is 1. The number of ether oxygens (including phenoxy) is 4. The molecule has 6 aliphatic heterocycles. The average molecular weight is 1200 g/mol. The predicted molar refractivity (Wildman–Crippen MR) is 320 cm³/mol. The highest BCUT2D eigenvalue weighted by molar-refractivity contribution is 6.03. The van der Waals surface area contributed by atoms with Gasteiger partial charge in [0.05, 0.1) is 28.7 Å². The highest BCUT2D eigenvalue weighted by atomic mass is 19.1. The number of benzene rings is 3. The van der Waals surface area contributed by atoms with Crippen LogP contribution in [-0.4, -0.2) is 160 Å². The van der Waals surface area contributed by atoms with E-state index in [2.05, 4.69) is 30.9 Å². The minimum Gasteiger partial charge on any atom is -0.468 e. The van der Waals surface area contributed by atoms with Gasteiger partial charge in [0.15, 0.2) is 24.2 Å². The van der Waals surface area contributed by atoms with Crippen molar-refractivity contribution < 1.29 is 50.9 Å². The number of nitrogens with one attached hydrogen (secondary N) is 1. The van der Waals surface area contributed by atoms with Crippen molar-refractivity contribution in [1.29, 1.82) is 0 Å². The molecule has 6 fully saturated rings. The highest BCUT2D eigenvalue weighted by Crippen LogP contribution is 2.42. The van der Waals surface area contributed by atoms with Crippen molar-refractivity contribution in [3.8, 4) is 35.4 Å². The average Bonchev–Trinajstić information content (AvgIpc) is 1.81. The Hall–Kier alpha value is -7.55. The first-order chi connectivity index (χ1) is 41.8. The number of rotatable bonds is 15. The van der Waals surface area contributed by atoms with Crippen LogP contribution < -0.4 is 30.3 Å². The van der Waals surface area contributed by atoms with Crippen molar-refractivity contribution >= 4 is 62.1 Å². The van der Waals surface area contributed by atoms with Crippen molar-refractivity contribution in [2.24, 2.45) is 24.8 Å². The molecule has 0 spiro atoms. The van der Waals surface area contributed by atoms with E-state index in [9.17, 15) is 19.2 Å². The summed E-state index contributed by atoms with van der Waals surface area (Å²) in [6, 6.07) is 5.76. The summed E-state index contributed by atoms with van der Waals surface area (Å²) in [6.07, 6.45) is 15.9. The number of imidazole rings is 1. The molecule has 19 nitrogen and oxygen atoms in total. The van der Waals surface area contributed by atoms with E-state index >= 15 is 17.6 Å². The number of halogens is 4. The Balaban J connectivity index is 0.662. The van der Waals surface area contributed by atoms with Crippen LogP contribution >= 0.6 is 0 Å². The third-order valence-electron chi connectivity index (χ3n) is 18.7. The number of carbonyl (C=O) groups is 3. The van der Waals surface area contributed by atoms with Crippen LogP contribution in [0.25, 0.3) is 44.0 Å². The number of terminal acetylenes is 1. The van der Waals surface area contributed by atoms with Crippen molar-refractivity contribution in [2.75, 3.05) is 95.8 Å². The maximum absolute atomic E-state index is 17.6. The number of methoxy groups -OCH3 is 1. The summed E-state index contributed by atoms with van der Waals surface area (Å²) in [7, 11) is 2.85. The van der Waals surface area contributed by atoms with Crippen LogP contribution in [-0.2, 0) is 26.1 Å². The minimum atomic E-state index is -1.12. The van der Waals surface area contributed by atoms with Crippen molar-refractivity contribution in [2.45, 2.75) is 115 Å². The molecule has 2 bridgehead atoms. The molecule has 1 N–H and O–H groups in total. The maximum Gasteiger partial charge on any atom is 0.410 e. The van der Waals surface area contributed by atoms with Gasteiger partial charge in [-0.1, -0.05) is 12.0 Å². The molecule has 0 radical (unpaired) electrons. The summed E-state index contributed by atoms with van der Waals surface area (Å²) in [6.45, 7) is 13.1. The summed E-state index contributed by atoms with van der Waals surface area (Å²) in [5.74, 6) is 0.829. The van der Waals surface area contributed by atoms with Crippen molar-refractivity contribution in [1.82, 2.24) is 44.1 Å². The molecule has 3 atom stereocenters. The van der Waals surface area contributed by atoms with Gasteiger partial charge in [0.25, 0.3) is 0 Å². The van der Waals surface area contributed by atoms with Crippen LogP contribution in [0.2, 0.25) is 0 Å². The molecule has 6 aromatic rings. The second-order valence-corrected chi connectivity index (χ2v) is 25.5. The quantitative estimate of drug-likeness (QED) is 0.0446. The number of hydrogen-bond acceptors (Lipinski definition) is 15. The molecule has 23 heteroatoms. The summed E-state index contributed by atoms with van der Waals surface area (Å²) in [4.78, 5) is 76.3. The summed E-state index contributed by atoms with van der Waals surface area (Å²) in [5, 5.41) is 3.37. The lowest BCUT2D eigenvalue weighted by Gasteiger charge is -2.42. The summed E-state index contributed by atoms with van der Waals surface area (Å²) < 4.78 is 90.4. The summed E-state index contributed by atoms with van der Waals surface area (Å²) >= 11 is 0. The second-order valence-electron chi connectivity index (χ2n) is 25.5. The first-order valence-corrected chi connectivity index (χ1v) is 30.6. The van der Waals surface area contributed by atoms with Gasteiger partial charge in [-0.15, -0.1) is 6.42 Å². The Morgan fingerprint density at radius 3 is 2.15 bits per heavy atom. The van der Waals surface area contributed by atoms with Gasteiger partial charge < -0.3 is 33.6 Å². The van der Waals surface area contributed by atoms with E-state index in [-0.39, 0.29) is 89.5 Å². The molecule has 87 heavy (non-hydrogen) atoms. The first-order valence-electron chi connectivity index (χ1n) is 30.6. The number of pyridine rings is 1. The van der Waals surface area contributed by atoms with Gasteiger partial charge in [0, 0.05) is 83.1 Å². The van der Waals surface area contributed by atoms with Gasteiger partial charge in [0.1, 0.15) is 57.9 Å². The van der Waals surface area contributed by atoms with Crippen molar-refractivity contribution in [3.63, 3.8) is 0 Å². The largest absolute Gasteiger partial charge is 0.468 e. The van der Waals surface area contributed by atoms with E-state index in [4.69, 9.17) is 35.3 Å². The number of piperidine rings is 4. The smallest absolute Gasteiger partial charge is 0.410 e. The number of carbonyl (C=O) groups excluding carboxylic acids is 3. The van der Waals surface area contributed by atoms with E-state index in [1.165, 1.54) is 32.8 Å². The van der Waals surface area contributed by atoms with E-state index < -0.39 is 52.4 Å². The molecule has 462 valence electrons. The fourth-order valence-electron chi connectivity index (χ4n) is 14.4. The SMILES string of the molecule is C#Cc1c(F)ccc2cc(OCOC)cc(-c3ncc4c(N5CC6CCC(C5)N6C(=O)OC(C)(C)C)nc(OCCN5CCC(CC6CCN(CC7CCN(c8cc(F)c9c(c8F)n(C)c(=O)n9C8CCC(=O)NC8=O)CC7)CC6)CC5)nc4c3F)c12. The first kappa shape index (κ1) is 59.8. The van der Waals surface area contributed by atoms with Crippen LogP contribution in [0.1, 0.15) is 103 Å². The molecule has 12 rings (SSSR count). The lowest BCUT2D eigenvalue weighted by molar-refractivity contribution is -0.135. The molecule has 3 amide bonds. The molecule has 0 aliphatic carbocycles. The number of aromatic nitrogens is 5. The second kappa shape index (κ2) is 24.5.